The molecule has 0 N–H and O–H groups in total. The van der Waals surface area contributed by atoms with Gasteiger partial charge in [0.15, 0.2) is 0 Å². The molecule has 0 heterocycles. The van der Waals surface area contributed by atoms with Gasteiger partial charge in [0.25, 0.3) is 0 Å². The fraction of sp³-hybridized carbons (Fsp3) is 0.667. The number of hydrogen-bond donors (Lipinski definition) is 0. The predicted octanol–water partition coefficient (Wildman–Crippen LogP) is 3.41. The van der Waals surface area contributed by atoms with Gasteiger partial charge < -0.3 is 0 Å². The first-order valence-corrected chi connectivity index (χ1v) is 5.12. The van der Waals surface area contributed by atoms with Gasteiger partial charge in [-0.05, 0) is 43.4 Å². The quantitative estimate of drug-likeness (QED) is 0.518. The Morgan fingerprint density at radius 2 is 2.25 bits per heavy atom. The first kappa shape index (κ1) is 8.10. The summed E-state index contributed by atoms with van der Waals surface area (Å²) in [5.41, 5.74) is 0. The monoisotopic (exact) mass is 162 g/mol. The summed E-state index contributed by atoms with van der Waals surface area (Å²) >= 11 is 0. The molecule has 4 atom stereocenters. The van der Waals surface area contributed by atoms with Crippen LogP contribution in [0.3, 0.4) is 0 Å². The molecule has 0 aromatic carbocycles. The average molecular weight is 162 g/mol. The smallest absolute Gasteiger partial charge is 0.0171 e. The summed E-state index contributed by atoms with van der Waals surface area (Å²) < 4.78 is 0. The minimum absolute atomic E-state index is 0.866. The van der Waals surface area contributed by atoms with Gasteiger partial charge in [0.1, 0.15) is 0 Å². The van der Waals surface area contributed by atoms with Gasteiger partial charge in [-0.2, -0.15) is 0 Å². The lowest BCUT2D eigenvalue weighted by Gasteiger charge is -2.14. The minimum Gasteiger partial charge on any atom is -0.0914 e. The van der Waals surface area contributed by atoms with Crippen LogP contribution >= 0.6 is 0 Å². The van der Waals surface area contributed by atoms with Crippen molar-refractivity contribution >= 4 is 0 Å². The van der Waals surface area contributed by atoms with Gasteiger partial charge in [0.2, 0.25) is 0 Å². The maximum absolute atomic E-state index is 2.44. The van der Waals surface area contributed by atoms with Gasteiger partial charge in [0.05, 0.1) is 0 Å². The highest BCUT2D eigenvalue weighted by atomic mass is 14.4. The highest BCUT2D eigenvalue weighted by molar-refractivity contribution is 5.12. The Hall–Kier alpha value is -0.520. The van der Waals surface area contributed by atoms with Crippen LogP contribution in [0.5, 0.6) is 0 Å². The fourth-order valence-corrected chi connectivity index (χ4v) is 2.99. The molecule has 0 aromatic rings. The SMILES string of the molecule is C/C=C\C1CC(C)C2C=CCC12. The van der Waals surface area contributed by atoms with Gasteiger partial charge in [-0.15, -0.1) is 0 Å². The second-order valence-corrected chi connectivity index (χ2v) is 4.31. The van der Waals surface area contributed by atoms with E-state index in [0.29, 0.717) is 0 Å². The van der Waals surface area contributed by atoms with Crippen molar-refractivity contribution in [2.24, 2.45) is 23.7 Å². The largest absolute Gasteiger partial charge is 0.0914 e. The molecule has 1 fully saturated rings. The van der Waals surface area contributed by atoms with Gasteiger partial charge >= 0.3 is 0 Å². The molecule has 0 spiro atoms. The van der Waals surface area contributed by atoms with E-state index in [9.17, 15) is 0 Å². The molecule has 0 aromatic heterocycles. The maximum atomic E-state index is 2.44. The normalized spacial score (nSPS) is 45.8. The summed E-state index contributed by atoms with van der Waals surface area (Å²) in [6.45, 7) is 4.54. The Kier molecular flexibility index (Phi) is 2.08. The molecule has 2 aliphatic carbocycles. The summed E-state index contributed by atoms with van der Waals surface area (Å²) in [7, 11) is 0. The predicted molar refractivity (Wildman–Crippen MR) is 52.8 cm³/mol. The third kappa shape index (κ3) is 1.14. The van der Waals surface area contributed by atoms with Crippen LogP contribution in [0.2, 0.25) is 0 Å². The topological polar surface area (TPSA) is 0 Å². The zero-order valence-electron chi connectivity index (χ0n) is 8.03. The van der Waals surface area contributed by atoms with E-state index < -0.39 is 0 Å². The van der Waals surface area contributed by atoms with Crippen LogP contribution in [0.1, 0.15) is 26.7 Å². The van der Waals surface area contributed by atoms with E-state index in [-0.39, 0.29) is 0 Å². The van der Waals surface area contributed by atoms with Crippen molar-refractivity contribution in [2.45, 2.75) is 26.7 Å². The Bertz CT molecular complexity index is 212. The van der Waals surface area contributed by atoms with Gasteiger partial charge in [0, 0.05) is 0 Å². The van der Waals surface area contributed by atoms with Crippen molar-refractivity contribution in [1.82, 2.24) is 0 Å². The van der Waals surface area contributed by atoms with E-state index in [0.717, 1.165) is 23.7 Å². The average Bonchev–Trinajstić information content (AvgIpc) is 2.58. The molecule has 0 radical (unpaired) electrons. The summed E-state index contributed by atoms with van der Waals surface area (Å²) in [4.78, 5) is 0. The van der Waals surface area contributed by atoms with Crippen LogP contribution in [-0.4, -0.2) is 0 Å². The van der Waals surface area contributed by atoms with Crippen molar-refractivity contribution in [1.29, 1.82) is 0 Å². The lowest BCUT2D eigenvalue weighted by atomic mass is 9.90. The molecule has 4 unspecified atom stereocenters. The first-order valence-electron chi connectivity index (χ1n) is 5.12. The highest BCUT2D eigenvalue weighted by Gasteiger charge is 2.39. The highest BCUT2D eigenvalue weighted by Crippen LogP contribution is 2.47. The van der Waals surface area contributed by atoms with Crippen LogP contribution in [0.15, 0.2) is 24.3 Å². The summed E-state index contributed by atoms with van der Waals surface area (Å²) in [6.07, 6.45) is 12.2. The zero-order valence-corrected chi connectivity index (χ0v) is 8.03. The van der Waals surface area contributed by atoms with Crippen molar-refractivity contribution in [3.63, 3.8) is 0 Å². The second kappa shape index (κ2) is 3.08. The van der Waals surface area contributed by atoms with Crippen molar-refractivity contribution in [3.05, 3.63) is 24.3 Å². The molecule has 1 saturated carbocycles. The van der Waals surface area contributed by atoms with E-state index >= 15 is 0 Å². The third-order valence-corrected chi connectivity index (χ3v) is 3.55. The van der Waals surface area contributed by atoms with Gasteiger partial charge in [-0.3, -0.25) is 0 Å². The van der Waals surface area contributed by atoms with Crippen molar-refractivity contribution in [3.8, 4) is 0 Å². The molecule has 0 bridgehead atoms. The molecular formula is C12H18. The number of fused-ring (bicyclic) bond motifs is 1. The molecule has 0 aliphatic heterocycles. The summed E-state index contributed by atoms with van der Waals surface area (Å²) in [6, 6.07) is 0. The molecule has 0 amide bonds. The Morgan fingerprint density at radius 3 is 3.00 bits per heavy atom. The van der Waals surface area contributed by atoms with E-state index in [1.807, 2.05) is 0 Å². The van der Waals surface area contributed by atoms with E-state index in [4.69, 9.17) is 0 Å². The van der Waals surface area contributed by atoms with Crippen LogP contribution in [0, 0.1) is 23.7 Å². The molecule has 2 rings (SSSR count). The molecule has 0 nitrogen and oxygen atoms in total. The van der Waals surface area contributed by atoms with E-state index in [1.54, 1.807) is 0 Å². The standard InChI is InChI=1S/C12H18/c1-3-5-10-8-9(2)11-6-4-7-12(10)11/h3-6,9-12H,7-8H2,1-2H3/b5-3-. The van der Waals surface area contributed by atoms with Gasteiger partial charge in [-0.25, -0.2) is 0 Å². The van der Waals surface area contributed by atoms with Crippen LogP contribution < -0.4 is 0 Å². The number of rotatable bonds is 1. The Balaban J connectivity index is 2.12. The molecule has 0 heteroatoms. The number of allylic oxidation sites excluding steroid dienone is 4. The summed E-state index contributed by atoms with van der Waals surface area (Å²) in [5, 5.41) is 0. The zero-order chi connectivity index (χ0) is 8.55. The molecule has 66 valence electrons. The Labute approximate surface area is 75.4 Å². The lowest BCUT2D eigenvalue weighted by molar-refractivity contribution is 0.402. The molecule has 0 saturated heterocycles. The van der Waals surface area contributed by atoms with E-state index in [2.05, 4.69) is 38.2 Å². The van der Waals surface area contributed by atoms with Crippen LogP contribution in [-0.2, 0) is 0 Å². The maximum Gasteiger partial charge on any atom is -0.0171 e. The summed E-state index contributed by atoms with van der Waals surface area (Å²) in [5.74, 6) is 3.61. The van der Waals surface area contributed by atoms with Gasteiger partial charge in [-0.1, -0.05) is 31.2 Å². The van der Waals surface area contributed by atoms with Crippen LogP contribution in [0.4, 0.5) is 0 Å². The van der Waals surface area contributed by atoms with Crippen LogP contribution in [0.25, 0.3) is 0 Å². The molecule has 2 aliphatic rings. The van der Waals surface area contributed by atoms with E-state index in [1.165, 1.54) is 12.8 Å². The number of hydrogen-bond acceptors (Lipinski definition) is 0. The van der Waals surface area contributed by atoms with Crippen molar-refractivity contribution < 1.29 is 0 Å². The minimum atomic E-state index is 0.866. The van der Waals surface area contributed by atoms with Crippen molar-refractivity contribution in [2.75, 3.05) is 0 Å². The Morgan fingerprint density at radius 1 is 1.42 bits per heavy atom. The first-order chi connectivity index (χ1) is 5.83. The molecule has 12 heavy (non-hydrogen) atoms. The fourth-order valence-electron chi connectivity index (χ4n) is 2.99. The third-order valence-electron chi connectivity index (χ3n) is 3.55. The molecular weight excluding hydrogens is 144 g/mol. The second-order valence-electron chi connectivity index (χ2n) is 4.31. The lowest BCUT2D eigenvalue weighted by Crippen LogP contribution is -2.08.